The molecule has 90 valence electrons. The highest BCUT2D eigenvalue weighted by Crippen LogP contribution is 2.04. The summed E-state index contributed by atoms with van der Waals surface area (Å²) < 4.78 is 4.98. The van der Waals surface area contributed by atoms with E-state index in [1.807, 2.05) is 13.8 Å². The number of hydrogen-bond donors (Lipinski definition) is 3. The smallest absolute Gasteiger partial charge is 0.323 e. The second-order valence-corrected chi connectivity index (χ2v) is 3.87. The Hall–Kier alpha value is -0.650. The van der Waals surface area contributed by atoms with Crippen LogP contribution in [0.5, 0.6) is 0 Å². The van der Waals surface area contributed by atoms with Crippen molar-refractivity contribution in [2.24, 2.45) is 11.8 Å². The van der Waals surface area contributed by atoms with Gasteiger partial charge in [0.05, 0.1) is 19.8 Å². The first-order valence-corrected chi connectivity index (χ1v) is 5.12. The van der Waals surface area contributed by atoms with Crippen LogP contribution in [-0.4, -0.2) is 49.1 Å². The van der Waals surface area contributed by atoms with Crippen LogP contribution in [0.3, 0.4) is 0 Å². The molecule has 0 amide bonds. The van der Waals surface area contributed by atoms with Crippen LogP contribution < -0.4 is 5.32 Å². The molecule has 0 aromatic heterocycles. The Morgan fingerprint density at radius 3 is 2.20 bits per heavy atom. The summed E-state index contributed by atoms with van der Waals surface area (Å²) in [5.74, 6) is -0.595. The third-order valence-electron chi connectivity index (χ3n) is 2.21. The van der Waals surface area contributed by atoms with Crippen LogP contribution in [0.1, 0.15) is 13.8 Å². The molecule has 0 fully saturated rings. The average Bonchev–Trinajstić information content (AvgIpc) is 2.19. The topological polar surface area (TPSA) is 78.8 Å². The van der Waals surface area contributed by atoms with E-state index in [0.29, 0.717) is 0 Å². The molecule has 0 rings (SSSR count). The van der Waals surface area contributed by atoms with Gasteiger partial charge in [0.1, 0.15) is 6.04 Å². The number of aliphatic hydroxyl groups is 2. The zero-order valence-corrected chi connectivity index (χ0v) is 9.56. The number of ether oxygens (including phenoxy) is 1. The zero-order chi connectivity index (χ0) is 11.8. The van der Waals surface area contributed by atoms with Gasteiger partial charge in [-0.15, -0.1) is 0 Å². The summed E-state index contributed by atoms with van der Waals surface area (Å²) >= 11 is 0. The fourth-order valence-corrected chi connectivity index (χ4v) is 1.18. The maximum atomic E-state index is 11.5. The first-order chi connectivity index (χ1) is 7.06. The highest BCUT2D eigenvalue weighted by atomic mass is 16.5. The zero-order valence-electron chi connectivity index (χ0n) is 9.56. The number of esters is 1. The van der Waals surface area contributed by atoms with Crippen molar-refractivity contribution >= 4 is 5.97 Å². The van der Waals surface area contributed by atoms with Gasteiger partial charge in [0.15, 0.2) is 0 Å². The maximum absolute atomic E-state index is 11.5. The highest BCUT2D eigenvalue weighted by molar-refractivity contribution is 5.76. The Bertz CT molecular complexity index is 180. The lowest BCUT2D eigenvalue weighted by Gasteiger charge is -2.20. The van der Waals surface area contributed by atoms with Crippen molar-refractivity contribution in [2.75, 3.05) is 26.9 Å². The largest absolute Gasteiger partial charge is 0.464 e. The molecule has 0 saturated heterocycles. The van der Waals surface area contributed by atoms with Crippen LogP contribution in [0.25, 0.3) is 0 Å². The molecule has 15 heavy (non-hydrogen) atoms. The van der Waals surface area contributed by atoms with Gasteiger partial charge in [0.25, 0.3) is 0 Å². The van der Waals surface area contributed by atoms with Crippen LogP contribution in [0.4, 0.5) is 0 Å². The standard InChI is InChI=1S/C10H21NO4/c1-7(2)9(11-3)10(14)15-6-8(4-12)5-13/h7-9,11-13H,4-6H2,1-3H3/t9-/m0/s1. The van der Waals surface area contributed by atoms with E-state index >= 15 is 0 Å². The maximum Gasteiger partial charge on any atom is 0.323 e. The molecule has 0 aliphatic carbocycles. The van der Waals surface area contributed by atoms with Crippen LogP contribution >= 0.6 is 0 Å². The summed E-state index contributed by atoms with van der Waals surface area (Å²) in [6.45, 7) is 3.51. The number of aliphatic hydroxyl groups excluding tert-OH is 2. The molecular formula is C10H21NO4. The fourth-order valence-electron chi connectivity index (χ4n) is 1.18. The predicted octanol–water partition coefficient (Wildman–Crippen LogP) is -0.626. The Kier molecular flexibility index (Phi) is 7.29. The van der Waals surface area contributed by atoms with Gasteiger partial charge in [-0.2, -0.15) is 0 Å². The molecule has 3 N–H and O–H groups in total. The molecule has 0 spiro atoms. The van der Waals surface area contributed by atoms with Gasteiger partial charge in [-0.25, -0.2) is 0 Å². The fraction of sp³-hybridized carbons (Fsp3) is 0.900. The minimum Gasteiger partial charge on any atom is -0.464 e. The third-order valence-corrected chi connectivity index (χ3v) is 2.21. The molecule has 5 heteroatoms. The Morgan fingerprint density at radius 2 is 1.87 bits per heavy atom. The summed E-state index contributed by atoms with van der Waals surface area (Å²) in [6, 6.07) is -0.344. The van der Waals surface area contributed by atoms with E-state index < -0.39 is 5.92 Å². The molecule has 0 heterocycles. The van der Waals surface area contributed by atoms with E-state index in [9.17, 15) is 4.79 Å². The minimum atomic E-state index is -0.390. The van der Waals surface area contributed by atoms with Crippen LogP contribution in [-0.2, 0) is 9.53 Å². The van der Waals surface area contributed by atoms with Crippen molar-refractivity contribution in [3.05, 3.63) is 0 Å². The number of rotatable bonds is 7. The molecule has 0 radical (unpaired) electrons. The SMILES string of the molecule is CN[C@H](C(=O)OCC(CO)CO)C(C)C. The lowest BCUT2D eigenvalue weighted by Crippen LogP contribution is -2.40. The molecule has 0 unspecified atom stereocenters. The van der Waals surface area contributed by atoms with Gasteiger partial charge in [0.2, 0.25) is 0 Å². The van der Waals surface area contributed by atoms with Crippen LogP contribution in [0.15, 0.2) is 0 Å². The number of carbonyl (C=O) groups is 1. The molecule has 0 aliphatic heterocycles. The highest BCUT2D eigenvalue weighted by Gasteiger charge is 2.22. The molecule has 1 atom stereocenters. The minimum absolute atomic E-state index is 0.0523. The van der Waals surface area contributed by atoms with Crippen molar-refractivity contribution in [1.82, 2.24) is 5.32 Å². The van der Waals surface area contributed by atoms with Gasteiger partial charge < -0.3 is 20.3 Å². The van der Waals surface area contributed by atoms with E-state index in [-0.39, 0.29) is 37.7 Å². The van der Waals surface area contributed by atoms with Crippen molar-refractivity contribution in [1.29, 1.82) is 0 Å². The summed E-state index contributed by atoms with van der Waals surface area (Å²) in [5, 5.41) is 20.4. The quantitative estimate of drug-likeness (QED) is 0.497. The summed E-state index contributed by atoms with van der Waals surface area (Å²) in [5.41, 5.74) is 0. The summed E-state index contributed by atoms with van der Waals surface area (Å²) in [6.07, 6.45) is 0. The number of hydrogen-bond acceptors (Lipinski definition) is 5. The molecule has 0 aliphatic rings. The molecule has 0 aromatic carbocycles. The van der Waals surface area contributed by atoms with Gasteiger partial charge >= 0.3 is 5.97 Å². The lowest BCUT2D eigenvalue weighted by molar-refractivity contribution is -0.149. The van der Waals surface area contributed by atoms with E-state index in [1.54, 1.807) is 7.05 Å². The van der Waals surface area contributed by atoms with Crippen molar-refractivity contribution < 1.29 is 19.7 Å². The third kappa shape index (κ3) is 5.11. The molecule has 0 saturated carbocycles. The van der Waals surface area contributed by atoms with E-state index in [0.717, 1.165) is 0 Å². The first-order valence-electron chi connectivity index (χ1n) is 5.12. The molecular weight excluding hydrogens is 198 g/mol. The Balaban J connectivity index is 4.00. The van der Waals surface area contributed by atoms with Crippen molar-refractivity contribution in [3.8, 4) is 0 Å². The Morgan fingerprint density at radius 1 is 1.33 bits per heavy atom. The number of carbonyl (C=O) groups excluding carboxylic acids is 1. The van der Waals surface area contributed by atoms with E-state index in [4.69, 9.17) is 14.9 Å². The Labute approximate surface area is 90.4 Å². The second-order valence-electron chi connectivity index (χ2n) is 3.87. The molecule has 5 nitrogen and oxygen atoms in total. The van der Waals surface area contributed by atoms with E-state index in [1.165, 1.54) is 0 Å². The number of likely N-dealkylation sites (N-methyl/N-ethyl adjacent to an activating group) is 1. The van der Waals surface area contributed by atoms with Gasteiger partial charge in [-0.3, -0.25) is 4.79 Å². The predicted molar refractivity (Wildman–Crippen MR) is 56.3 cm³/mol. The van der Waals surface area contributed by atoms with Gasteiger partial charge in [0, 0.05) is 5.92 Å². The van der Waals surface area contributed by atoms with Crippen LogP contribution in [0.2, 0.25) is 0 Å². The normalized spacial score (nSPS) is 13.3. The summed E-state index contributed by atoms with van der Waals surface area (Å²) in [4.78, 5) is 11.5. The lowest BCUT2D eigenvalue weighted by atomic mass is 10.1. The first kappa shape index (κ1) is 14.3. The number of nitrogens with one attached hydrogen (secondary N) is 1. The van der Waals surface area contributed by atoms with Crippen molar-refractivity contribution in [2.45, 2.75) is 19.9 Å². The van der Waals surface area contributed by atoms with Crippen LogP contribution in [0, 0.1) is 11.8 Å². The monoisotopic (exact) mass is 219 g/mol. The molecule has 0 aromatic rings. The van der Waals surface area contributed by atoms with Gasteiger partial charge in [-0.05, 0) is 13.0 Å². The van der Waals surface area contributed by atoms with Gasteiger partial charge in [-0.1, -0.05) is 13.8 Å². The molecule has 0 bridgehead atoms. The van der Waals surface area contributed by atoms with Crippen molar-refractivity contribution in [3.63, 3.8) is 0 Å². The average molecular weight is 219 g/mol. The second kappa shape index (κ2) is 7.62. The summed E-state index contributed by atoms with van der Waals surface area (Å²) in [7, 11) is 1.70. The van der Waals surface area contributed by atoms with E-state index in [2.05, 4.69) is 5.32 Å².